The molecular formula is C18H27NS. The van der Waals surface area contributed by atoms with Crippen LogP contribution in [0.5, 0.6) is 0 Å². The van der Waals surface area contributed by atoms with E-state index in [-0.39, 0.29) is 0 Å². The fourth-order valence-corrected chi connectivity index (χ4v) is 4.23. The zero-order chi connectivity index (χ0) is 14.9. The molecule has 1 N–H and O–H groups in total. The Morgan fingerprint density at radius 3 is 2.40 bits per heavy atom. The van der Waals surface area contributed by atoms with E-state index in [2.05, 4.69) is 59.0 Å². The molecule has 0 saturated carbocycles. The number of hydrogen-bond donors (Lipinski definition) is 1. The van der Waals surface area contributed by atoms with Gasteiger partial charge in [0.25, 0.3) is 0 Å². The van der Waals surface area contributed by atoms with E-state index >= 15 is 0 Å². The van der Waals surface area contributed by atoms with Crippen molar-refractivity contribution in [3.8, 4) is 0 Å². The molecule has 0 aliphatic carbocycles. The predicted octanol–water partition coefficient (Wildman–Crippen LogP) is 5.39. The second kappa shape index (κ2) is 6.28. The Kier molecular flexibility index (Phi) is 4.87. The number of rotatable bonds is 5. The first-order valence-corrected chi connectivity index (χ1v) is 8.45. The van der Waals surface area contributed by atoms with Gasteiger partial charge in [0, 0.05) is 16.1 Å². The maximum atomic E-state index is 3.60. The Labute approximate surface area is 127 Å². The third kappa shape index (κ3) is 3.24. The molecule has 1 aromatic carbocycles. The number of aryl methyl sites for hydroxylation is 2. The Bertz CT molecular complexity index is 593. The van der Waals surface area contributed by atoms with Crippen LogP contribution >= 0.6 is 11.3 Å². The lowest BCUT2D eigenvalue weighted by molar-refractivity contribution is 0.553. The molecule has 0 saturated heterocycles. The molecule has 2 rings (SSSR count). The van der Waals surface area contributed by atoms with Gasteiger partial charge in [-0.1, -0.05) is 45.4 Å². The Morgan fingerprint density at radius 1 is 1.10 bits per heavy atom. The van der Waals surface area contributed by atoms with Crippen molar-refractivity contribution in [3.05, 3.63) is 33.7 Å². The molecule has 1 aromatic heterocycles. The lowest BCUT2D eigenvalue weighted by Crippen LogP contribution is -2.19. The molecule has 0 aliphatic rings. The lowest BCUT2D eigenvalue weighted by atomic mass is 9.97. The van der Waals surface area contributed by atoms with E-state index in [1.165, 1.54) is 26.1 Å². The summed E-state index contributed by atoms with van der Waals surface area (Å²) in [5, 5.41) is 5.08. The van der Waals surface area contributed by atoms with Crippen LogP contribution < -0.4 is 5.32 Å². The predicted molar refractivity (Wildman–Crippen MR) is 91.9 cm³/mol. The largest absolute Gasteiger partial charge is 0.312 e. The van der Waals surface area contributed by atoms with Gasteiger partial charge >= 0.3 is 0 Å². The summed E-state index contributed by atoms with van der Waals surface area (Å²) in [4.78, 5) is 1.52. The summed E-state index contributed by atoms with van der Waals surface area (Å²) in [6, 6.07) is 4.66. The molecule has 0 amide bonds. The maximum absolute atomic E-state index is 3.60. The quantitative estimate of drug-likeness (QED) is 0.778. The highest BCUT2D eigenvalue weighted by atomic mass is 32.1. The van der Waals surface area contributed by atoms with Gasteiger partial charge in [0.2, 0.25) is 0 Å². The number of nitrogens with one attached hydrogen (secondary N) is 1. The van der Waals surface area contributed by atoms with Crippen molar-refractivity contribution in [2.75, 3.05) is 6.54 Å². The zero-order valence-electron chi connectivity index (χ0n) is 13.6. The van der Waals surface area contributed by atoms with Gasteiger partial charge in [0.1, 0.15) is 0 Å². The first-order chi connectivity index (χ1) is 9.40. The molecule has 1 heterocycles. The third-order valence-corrected chi connectivity index (χ3v) is 5.01. The highest BCUT2D eigenvalue weighted by molar-refractivity contribution is 7.19. The van der Waals surface area contributed by atoms with E-state index in [1.807, 2.05) is 11.3 Å². The van der Waals surface area contributed by atoms with E-state index in [0.29, 0.717) is 11.8 Å². The van der Waals surface area contributed by atoms with Gasteiger partial charge in [-0.2, -0.15) is 0 Å². The normalized spacial score (nSPS) is 12.0. The van der Waals surface area contributed by atoms with E-state index in [0.717, 1.165) is 13.1 Å². The van der Waals surface area contributed by atoms with Crippen molar-refractivity contribution in [1.29, 1.82) is 0 Å². The van der Waals surface area contributed by atoms with Gasteiger partial charge in [-0.15, -0.1) is 11.3 Å². The van der Waals surface area contributed by atoms with Crippen molar-refractivity contribution >= 4 is 21.4 Å². The molecule has 2 aromatic rings. The molecule has 0 aliphatic heterocycles. The van der Waals surface area contributed by atoms with Gasteiger partial charge in [-0.25, -0.2) is 0 Å². The third-order valence-electron chi connectivity index (χ3n) is 3.65. The highest BCUT2D eigenvalue weighted by Gasteiger charge is 2.16. The summed E-state index contributed by atoms with van der Waals surface area (Å²) in [5.41, 5.74) is 4.34. The minimum atomic E-state index is 0.584. The van der Waals surface area contributed by atoms with Gasteiger partial charge in [-0.3, -0.25) is 0 Å². The topological polar surface area (TPSA) is 12.0 Å². The summed E-state index contributed by atoms with van der Waals surface area (Å²) in [6.07, 6.45) is 0. The maximum Gasteiger partial charge on any atom is 0.0378 e. The number of benzene rings is 1. The van der Waals surface area contributed by atoms with Crippen LogP contribution in [0.15, 0.2) is 12.1 Å². The summed E-state index contributed by atoms with van der Waals surface area (Å²) in [5.74, 6) is 1.29. The molecule has 110 valence electrons. The molecule has 0 spiro atoms. The van der Waals surface area contributed by atoms with Crippen molar-refractivity contribution in [2.24, 2.45) is 5.92 Å². The summed E-state index contributed by atoms with van der Waals surface area (Å²) in [6.45, 7) is 15.7. The van der Waals surface area contributed by atoms with Crippen LogP contribution in [-0.2, 0) is 6.54 Å². The van der Waals surface area contributed by atoms with Crippen molar-refractivity contribution in [3.63, 3.8) is 0 Å². The highest BCUT2D eigenvalue weighted by Crippen LogP contribution is 2.38. The van der Waals surface area contributed by atoms with Crippen LogP contribution in [0.25, 0.3) is 10.1 Å². The monoisotopic (exact) mass is 289 g/mol. The van der Waals surface area contributed by atoms with E-state index in [1.54, 1.807) is 5.56 Å². The number of thiophene rings is 1. The molecule has 0 bridgehead atoms. The second-order valence-corrected chi connectivity index (χ2v) is 7.68. The molecule has 1 nitrogen and oxygen atoms in total. The minimum Gasteiger partial charge on any atom is -0.312 e. The standard InChI is InChI=1S/C18H27NS/c1-11(2)9-19-10-16-17(12(3)4)15-8-13(5)7-14(6)18(15)20-16/h7-8,11-12,19H,9-10H2,1-6H3. The fraction of sp³-hybridized carbons (Fsp3) is 0.556. The Morgan fingerprint density at radius 2 is 1.80 bits per heavy atom. The van der Waals surface area contributed by atoms with Gasteiger partial charge in [-0.05, 0) is 48.7 Å². The first kappa shape index (κ1) is 15.5. The fourth-order valence-electron chi connectivity index (χ4n) is 2.86. The van der Waals surface area contributed by atoms with Crippen molar-refractivity contribution in [1.82, 2.24) is 5.32 Å². The average Bonchev–Trinajstić information content (AvgIpc) is 2.67. The van der Waals surface area contributed by atoms with E-state index < -0.39 is 0 Å². The average molecular weight is 289 g/mol. The summed E-state index contributed by atoms with van der Waals surface area (Å²) in [7, 11) is 0. The zero-order valence-corrected chi connectivity index (χ0v) is 14.4. The SMILES string of the molecule is Cc1cc(C)c2sc(CNCC(C)C)c(C(C)C)c2c1. The van der Waals surface area contributed by atoms with Crippen LogP contribution in [0.2, 0.25) is 0 Å². The molecule has 0 unspecified atom stereocenters. The molecule has 0 fully saturated rings. The Balaban J connectivity index is 2.43. The van der Waals surface area contributed by atoms with Crippen LogP contribution in [0, 0.1) is 19.8 Å². The first-order valence-electron chi connectivity index (χ1n) is 7.63. The van der Waals surface area contributed by atoms with Crippen LogP contribution in [0.1, 0.15) is 55.2 Å². The van der Waals surface area contributed by atoms with Gasteiger partial charge < -0.3 is 5.32 Å². The minimum absolute atomic E-state index is 0.584. The smallest absolute Gasteiger partial charge is 0.0378 e. The van der Waals surface area contributed by atoms with Crippen molar-refractivity contribution in [2.45, 2.75) is 54.0 Å². The lowest BCUT2D eigenvalue weighted by Gasteiger charge is -2.11. The Hall–Kier alpha value is -0.860. The van der Waals surface area contributed by atoms with Crippen LogP contribution in [0.3, 0.4) is 0 Å². The van der Waals surface area contributed by atoms with Gasteiger partial charge in [0.05, 0.1) is 0 Å². The summed E-state index contributed by atoms with van der Waals surface area (Å²) >= 11 is 1.98. The molecule has 2 heteroatoms. The van der Waals surface area contributed by atoms with E-state index in [9.17, 15) is 0 Å². The van der Waals surface area contributed by atoms with Crippen LogP contribution in [0.4, 0.5) is 0 Å². The van der Waals surface area contributed by atoms with Crippen molar-refractivity contribution < 1.29 is 0 Å². The van der Waals surface area contributed by atoms with Gasteiger partial charge in [0.15, 0.2) is 0 Å². The number of fused-ring (bicyclic) bond motifs is 1. The number of hydrogen-bond acceptors (Lipinski definition) is 2. The molecule has 20 heavy (non-hydrogen) atoms. The molecule has 0 atom stereocenters. The van der Waals surface area contributed by atoms with E-state index in [4.69, 9.17) is 0 Å². The second-order valence-electron chi connectivity index (χ2n) is 6.58. The van der Waals surface area contributed by atoms with Crippen LogP contribution in [-0.4, -0.2) is 6.54 Å². The molecular weight excluding hydrogens is 262 g/mol. The molecule has 0 radical (unpaired) electrons. The summed E-state index contributed by atoms with van der Waals surface area (Å²) < 4.78 is 1.47.